The summed E-state index contributed by atoms with van der Waals surface area (Å²) in [5.74, 6) is -0.184. The highest BCUT2D eigenvalue weighted by atomic mass is 16.2. The molecular weight excluding hydrogens is 504 g/mol. The summed E-state index contributed by atoms with van der Waals surface area (Å²) in [6.07, 6.45) is 5.74. The molecule has 0 bridgehead atoms. The van der Waals surface area contributed by atoms with Crippen molar-refractivity contribution in [2.75, 3.05) is 4.90 Å². The molecule has 0 radical (unpaired) electrons. The molecule has 7 rings (SSSR count). The summed E-state index contributed by atoms with van der Waals surface area (Å²) in [5, 5.41) is 4.00. The second kappa shape index (κ2) is 10.8. The maximum atomic E-state index is 15.1. The molecule has 41 heavy (non-hydrogen) atoms. The van der Waals surface area contributed by atoms with E-state index in [1.807, 2.05) is 83.8 Å². The van der Waals surface area contributed by atoms with Gasteiger partial charge < -0.3 is 4.90 Å². The van der Waals surface area contributed by atoms with Crippen molar-refractivity contribution in [2.45, 2.75) is 56.1 Å². The third kappa shape index (κ3) is 4.33. The molecule has 2 heterocycles. The number of para-hydroxylation sites is 1. The monoisotopic (exact) mass is 540 g/mol. The highest BCUT2D eigenvalue weighted by molar-refractivity contribution is 6.10. The molecule has 1 N–H and O–H groups in total. The van der Waals surface area contributed by atoms with Crippen molar-refractivity contribution >= 4 is 17.4 Å². The minimum Gasteiger partial charge on any atom is -0.306 e. The SMILES string of the molecule is O=C(c1ccccc1)[C@@H]1[C@H](C2CCCCC2)N[C@@]2(C(=O)N(Cc3ccccc3)c3ccccc32)[C@H]1c1ccccc1. The highest BCUT2D eigenvalue weighted by Gasteiger charge is 2.66. The van der Waals surface area contributed by atoms with Gasteiger partial charge in [-0.15, -0.1) is 0 Å². The van der Waals surface area contributed by atoms with E-state index in [0.29, 0.717) is 12.5 Å². The fourth-order valence-electron chi connectivity index (χ4n) is 7.89. The number of amides is 1. The predicted octanol–water partition coefficient (Wildman–Crippen LogP) is 7.26. The van der Waals surface area contributed by atoms with Crippen LogP contribution >= 0.6 is 0 Å². The van der Waals surface area contributed by atoms with Gasteiger partial charge >= 0.3 is 0 Å². The van der Waals surface area contributed by atoms with Crippen molar-refractivity contribution in [3.63, 3.8) is 0 Å². The molecule has 0 aromatic heterocycles. The summed E-state index contributed by atoms with van der Waals surface area (Å²) in [5.41, 5.74) is 3.74. The van der Waals surface area contributed by atoms with Gasteiger partial charge in [0.1, 0.15) is 5.54 Å². The first-order chi connectivity index (χ1) is 20.2. The van der Waals surface area contributed by atoms with Gasteiger partial charge in [-0.05, 0) is 36.0 Å². The fourth-order valence-corrected chi connectivity index (χ4v) is 7.89. The smallest absolute Gasteiger partial charge is 0.252 e. The number of benzene rings is 4. The van der Waals surface area contributed by atoms with Crippen molar-refractivity contribution in [1.82, 2.24) is 5.32 Å². The third-order valence-corrected chi connectivity index (χ3v) is 9.67. The molecule has 2 aliphatic heterocycles. The first-order valence-electron chi connectivity index (χ1n) is 15.1. The number of hydrogen-bond acceptors (Lipinski definition) is 3. The Hall–Kier alpha value is -4.02. The van der Waals surface area contributed by atoms with E-state index in [2.05, 4.69) is 41.7 Å². The number of Topliss-reactive ketones (excluding diaryl/α,β-unsaturated/α-hetero) is 1. The summed E-state index contributed by atoms with van der Waals surface area (Å²) in [6.45, 7) is 0.493. The lowest BCUT2D eigenvalue weighted by atomic mass is 9.67. The molecule has 3 aliphatic rings. The minimum absolute atomic E-state index is 0.0422. The van der Waals surface area contributed by atoms with Crippen molar-refractivity contribution in [3.8, 4) is 0 Å². The quantitative estimate of drug-likeness (QED) is 0.262. The molecule has 1 aliphatic carbocycles. The van der Waals surface area contributed by atoms with E-state index in [4.69, 9.17) is 0 Å². The largest absolute Gasteiger partial charge is 0.306 e. The summed E-state index contributed by atoms with van der Waals surface area (Å²) in [6, 6.07) is 38.3. The number of carbonyl (C=O) groups excluding carboxylic acids is 2. The van der Waals surface area contributed by atoms with Crippen molar-refractivity contribution in [2.24, 2.45) is 11.8 Å². The third-order valence-electron chi connectivity index (χ3n) is 9.67. The molecule has 1 amide bonds. The van der Waals surface area contributed by atoms with Gasteiger partial charge in [0.05, 0.1) is 6.54 Å². The molecule has 1 saturated heterocycles. The van der Waals surface area contributed by atoms with Gasteiger partial charge in [-0.25, -0.2) is 0 Å². The highest BCUT2D eigenvalue weighted by Crippen LogP contribution is 2.58. The lowest BCUT2D eigenvalue weighted by molar-refractivity contribution is -0.124. The zero-order valence-corrected chi connectivity index (χ0v) is 23.3. The van der Waals surface area contributed by atoms with E-state index >= 15 is 4.79 Å². The summed E-state index contributed by atoms with van der Waals surface area (Å²) in [4.78, 5) is 31.7. The Labute approximate surface area is 242 Å². The standard InChI is InChI=1S/C37H36N2O2/c40-35(29-21-11-4-12-22-29)32-33(27-17-7-2-8-18-27)37(38-34(32)28-19-9-3-10-20-28)30-23-13-14-24-31(30)39(36(37)41)25-26-15-5-1-6-16-26/h1-2,4-8,11-18,21-24,28,32-34,38H,3,9-10,19-20,25H2/t32-,33-,34-,37+/m0/s1. The number of nitrogens with one attached hydrogen (secondary N) is 1. The van der Waals surface area contributed by atoms with Crippen LogP contribution in [-0.2, 0) is 16.9 Å². The number of ketones is 1. The average molecular weight is 541 g/mol. The van der Waals surface area contributed by atoms with Gasteiger partial charge in [-0.3, -0.25) is 14.9 Å². The van der Waals surface area contributed by atoms with Crippen LogP contribution in [0.3, 0.4) is 0 Å². The second-order valence-electron chi connectivity index (χ2n) is 11.9. The Bertz CT molecular complexity index is 1530. The minimum atomic E-state index is -1.02. The van der Waals surface area contributed by atoms with E-state index in [1.54, 1.807) is 0 Å². The van der Waals surface area contributed by atoms with Crippen LogP contribution in [0.5, 0.6) is 0 Å². The maximum Gasteiger partial charge on any atom is 0.252 e. The predicted molar refractivity (Wildman–Crippen MR) is 163 cm³/mol. The number of rotatable bonds is 6. The van der Waals surface area contributed by atoms with Crippen LogP contribution in [0.4, 0.5) is 5.69 Å². The number of hydrogen-bond donors (Lipinski definition) is 1. The van der Waals surface area contributed by atoms with Crippen LogP contribution in [0.25, 0.3) is 0 Å². The van der Waals surface area contributed by atoms with Gasteiger partial charge in [-0.2, -0.15) is 0 Å². The van der Waals surface area contributed by atoms with Gasteiger partial charge in [-0.1, -0.05) is 128 Å². The first kappa shape index (κ1) is 25.9. The topological polar surface area (TPSA) is 49.4 Å². The van der Waals surface area contributed by atoms with E-state index < -0.39 is 5.54 Å². The summed E-state index contributed by atoms with van der Waals surface area (Å²) >= 11 is 0. The molecule has 4 atom stereocenters. The maximum absolute atomic E-state index is 15.1. The van der Waals surface area contributed by atoms with E-state index in [-0.39, 0.29) is 29.6 Å². The van der Waals surface area contributed by atoms with E-state index in [0.717, 1.165) is 40.8 Å². The van der Waals surface area contributed by atoms with Gasteiger partial charge in [0, 0.05) is 34.7 Å². The molecule has 2 fully saturated rings. The average Bonchev–Trinajstić information content (AvgIpc) is 3.52. The van der Waals surface area contributed by atoms with Crippen LogP contribution in [0, 0.1) is 11.8 Å². The lowest BCUT2D eigenvalue weighted by Gasteiger charge is -2.33. The van der Waals surface area contributed by atoms with E-state index in [1.165, 1.54) is 19.3 Å². The van der Waals surface area contributed by atoms with Crippen LogP contribution in [0.2, 0.25) is 0 Å². The van der Waals surface area contributed by atoms with Gasteiger partial charge in [0.15, 0.2) is 5.78 Å². The number of nitrogens with zero attached hydrogens (tertiary/aromatic N) is 1. The van der Waals surface area contributed by atoms with Crippen molar-refractivity contribution in [3.05, 3.63) is 138 Å². The van der Waals surface area contributed by atoms with Crippen LogP contribution in [0.15, 0.2) is 115 Å². The molecule has 1 saturated carbocycles. The zero-order valence-electron chi connectivity index (χ0n) is 23.3. The van der Waals surface area contributed by atoms with Crippen LogP contribution in [-0.4, -0.2) is 17.7 Å². The normalized spacial score (nSPS) is 25.9. The number of anilines is 1. The molecular formula is C37H36N2O2. The fraction of sp³-hybridized carbons (Fsp3) is 0.297. The number of fused-ring (bicyclic) bond motifs is 2. The van der Waals surface area contributed by atoms with E-state index in [9.17, 15) is 4.79 Å². The molecule has 4 aromatic rings. The first-order valence-corrected chi connectivity index (χ1v) is 15.1. The Balaban J connectivity index is 1.43. The zero-order chi connectivity index (χ0) is 27.8. The Kier molecular flexibility index (Phi) is 6.80. The Morgan fingerprint density at radius 3 is 2.07 bits per heavy atom. The Morgan fingerprint density at radius 2 is 1.37 bits per heavy atom. The van der Waals surface area contributed by atoms with Crippen LogP contribution in [0.1, 0.15) is 65.1 Å². The Morgan fingerprint density at radius 1 is 0.756 bits per heavy atom. The summed E-state index contributed by atoms with van der Waals surface area (Å²) < 4.78 is 0. The molecule has 4 aromatic carbocycles. The molecule has 4 nitrogen and oxygen atoms in total. The lowest BCUT2D eigenvalue weighted by Crippen LogP contribution is -2.52. The molecule has 206 valence electrons. The summed E-state index contributed by atoms with van der Waals surface area (Å²) in [7, 11) is 0. The van der Waals surface area contributed by atoms with Crippen LogP contribution < -0.4 is 10.2 Å². The molecule has 1 spiro atoms. The second-order valence-corrected chi connectivity index (χ2v) is 11.9. The van der Waals surface area contributed by atoms with Crippen molar-refractivity contribution < 1.29 is 9.59 Å². The molecule has 4 heteroatoms. The van der Waals surface area contributed by atoms with Crippen molar-refractivity contribution in [1.29, 1.82) is 0 Å². The van der Waals surface area contributed by atoms with Gasteiger partial charge in [0.2, 0.25) is 0 Å². The number of carbonyl (C=O) groups is 2. The van der Waals surface area contributed by atoms with Gasteiger partial charge in [0.25, 0.3) is 5.91 Å². The molecule has 0 unspecified atom stereocenters.